The lowest BCUT2D eigenvalue weighted by atomic mass is 10.0. The maximum Gasteiger partial charge on any atom is 0.326 e. The number of rotatable bonds is 17. The summed E-state index contributed by atoms with van der Waals surface area (Å²) in [7, 11) is 0. The average Bonchev–Trinajstić information content (AvgIpc) is 2.83. The molecule has 4 amide bonds. The Morgan fingerprint density at radius 3 is 1.76 bits per heavy atom. The van der Waals surface area contributed by atoms with Gasteiger partial charge < -0.3 is 37.6 Å². The van der Waals surface area contributed by atoms with Crippen LogP contribution < -0.4 is 27.4 Å². The Balaban J connectivity index is 3.06. The van der Waals surface area contributed by atoms with E-state index in [-0.39, 0.29) is 31.6 Å². The predicted molar refractivity (Wildman–Crippen MR) is 136 cm³/mol. The number of carboxylic acid groups (broad SMARTS) is 2. The Morgan fingerprint density at radius 1 is 0.789 bits per heavy atom. The third-order valence-electron chi connectivity index (χ3n) is 5.55. The zero-order valence-corrected chi connectivity index (χ0v) is 21.5. The summed E-state index contributed by atoms with van der Waals surface area (Å²) in [5.74, 6) is -5.65. The van der Waals surface area contributed by atoms with Crippen molar-refractivity contribution in [1.82, 2.24) is 16.0 Å². The molecule has 9 N–H and O–H groups in total. The molecule has 0 heterocycles. The predicted octanol–water partition coefficient (Wildman–Crippen LogP) is -0.728. The number of hydrogen-bond donors (Lipinski definition) is 7. The SMILES string of the molecule is CC(C)CC(N)C(=O)NC(CCC(=O)O)C(=O)NC(CCC(N)=O)C(=O)NC(Cc1ccccc1)C(=O)O. The average molecular weight is 536 g/mol. The summed E-state index contributed by atoms with van der Waals surface area (Å²) in [6.07, 6.45) is -1.03. The molecule has 0 aliphatic rings. The summed E-state index contributed by atoms with van der Waals surface area (Å²) in [5.41, 5.74) is 11.7. The van der Waals surface area contributed by atoms with E-state index >= 15 is 0 Å². The summed E-state index contributed by atoms with van der Waals surface area (Å²) >= 11 is 0. The van der Waals surface area contributed by atoms with Gasteiger partial charge in [-0.05, 0) is 30.7 Å². The second-order valence-corrected chi connectivity index (χ2v) is 9.38. The highest BCUT2D eigenvalue weighted by atomic mass is 16.4. The topological polar surface area (TPSA) is 231 Å². The fraction of sp³-hybridized carbons (Fsp3) is 0.520. The molecule has 0 bridgehead atoms. The van der Waals surface area contributed by atoms with E-state index in [1.807, 2.05) is 13.8 Å². The van der Waals surface area contributed by atoms with Gasteiger partial charge in [0.15, 0.2) is 0 Å². The molecule has 0 aromatic heterocycles. The molecule has 13 heteroatoms. The fourth-order valence-corrected chi connectivity index (χ4v) is 3.58. The monoisotopic (exact) mass is 535 g/mol. The van der Waals surface area contributed by atoms with Gasteiger partial charge in [-0.3, -0.25) is 24.0 Å². The highest BCUT2D eigenvalue weighted by molar-refractivity contribution is 5.94. The van der Waals surface area contributed by atoms with Gasteiger partial charge in [0.1, 0.15) is 18.1 Å². The standard InChI is InChI=1S/C25H37N5O8/c1-14(2)12-16(26)22(34)28-18(9-11-21(32)33)23(35)29-17(8-10-20(27)31)24(36)30-19(25(37)38)13-15-6-4-3-5-7-15/h3-7,14,16-19H,8-13,26H2,1-2H3,(H2,27,31)(H,28,34)(H,29,35)(H,30,36)(H,32,33)(H,37,38). The van der Waals surface area contributed by atoms with Gasteiger partial charge in [-0.1, -0.05) is 44.2 Å². The quantitative estimate of drug-likeness (QED) is 0.133. The molecular formula is C25H37N5O8. The lowest BCUT2D eigenvalue weighted by Crippen LogP contribution is -2.57. The van der Waals surface area contributed by atoms with Crippen molar-refractivity contribution in [2.24, 2.45) is 17.4 Å². The van der Waals surface area contributed by atoms with E-state index in [1.165, 1.54) is 0 Å². The van der Waals surface area contributed by atoms with Crippen LogP contribution in [-0.2, 0) is 35.2 Å². The molecule has 0 aliphatic heterocycles. The van der Waals surface area contributed by atoms with Crippen molar-refractivity contribution in [2.45, 2.75) is 76.5 Å². The minimum atomic E-state index is -1.39. The molecule has 1 aromatic rings. The number of benzene rings is 1. The van der Waals surface area contributed by atoms with Crippen molar-refractivity contribution in [3.8, 4) is 0 Å². The van der Waals surface area contributed by atoms with Crippen molar-refractivity contribution in [3.63, 3.8) is 0 Å². The maximum absolute atomic E-state index is 13.0. The van der Waals surface area contributed by atoms with E-state index in [0.29, 0.717) is 12.0 Å². The summed E-state index contributed by atoms with van der Waals surface area (Å²) in [5, 5.41) is 25.8. The molecular weight excluding hydrogens is 498 g/mol. The zero-order valence-electron chi connectivity index (χ0n) is 21.5. The molecule has 210 valence electrons. The summed E-state index contributed by atoms with van der Waals surface area (Å²) < 4.78 is 0. The van der Waals surface area contributed by atoms with Gasteiger partial charge in [0.25, 0.3) is 0 Å². The molecule has 0 saturated heterocycles. The van der Waals surface area contributed by atoms with Gasteiger partial charge in [0.2, 0.25) is 23.6 Å². The van der Waals surface area contributed by atoms with Gasteiger partial charge in [0, 0.05) is 19.3 Å². The first-order valence-corrected chi connectivity index (χ1v) is 12.2. The lowest BCUT2D eigenvalue weighted by Gasteiger charge is -2.25. The maximum atomic E-state index is 13.0. The van der Waals surface area contributed by atoms with Crippen molar-refractivity contribution in [2.75, 3.05) is 0 Å². The molecule has 4 atom stereocenters. The van der Waals surface area contributed by atoms with Crippen LogP contribution in [0.3, 0.4) is 0 Å². The fourth-order valence-electron chi connectivity index (χ4n) is 3.58. The first-order chi connectivity index (χ1) is 17.8. The summed E-state index contributed by atoms with van der Waals surface area (Å²) in [6.45, 7) is 3.71. The van der Waals surface area contributed by atoms with Gasteiger partial charge in [-0.15, -0.1) is 0 Å². The van der Waals surface area contributed by atoms with Crippen LogP contribution in [0.1, 0.15) is 51.5 Å². The lowest BCUT2D eigenvalue weighted by molar-refractivity contribution is -0.142. The van der Waals surface area contributed by atoms with E-state index in [2.05, 4.69) is 16.0 Å². The largest absolute Gasteiger partial charge is 0.481 e. The molecule has 0 aliphatic carbocycles. The Kier molecular flexibility index (Phi) is 13.5. The van der Waals surface area contributed by atoms with E-state index in [9.17, 15) is 33.9 Å². The van der Waals surface area contributed by atoms with Crippen LogP contribution in [-0.4, -0.2) is 69.9 Å². The summed E-state index contributed by atoms with van der Waals surface area (Å²) in [4.78, 5) is 72.7. The molecule has 1 aromatic carbocycles. The second kappa shape index (κ2) is 16.0. The number of aliphatic carboxylic acids is 2. The van der Waals surface area contributed by atoms with Crippen LogP contribution in [0, 0.1) is 5.92 Å². The molecule has 0 radical (unpaired) electrons. The Labute approximate surface area is 220 Å². The number of primary amides is 1. The first kappa shape index (κ1) is 32.0. The first-order valence-electron chi connectivity index (χ1n) is 12.2. The van der Waals surface area contributed by atoms with Crippen LogP contribution in [0.5, 0.6) is 0 Å². The van der Waals surface area contributed by atoms with Gasteiger partial charge >= 0.3 is 11.9 Å². The number of amides is 4. The van der Waals surface area contributed by atoms with Crippen LogP contribution >= 0.6 is 0 Å². The van der Waals surface area contributed by atoms with E-state index in [4.69, 9.17) is 16.6 Å². The number of nitrogens with two attached hydrogens (primary N) is 2. The molecule has 0 spiro atoms. The van der Waals surface area contributed by atoms with Gasteiger partial charge in [-0.25, -0.2) is 4.79 Å². The number of nitrogens with one attached hydrogen (secondary N) is 3. The van der Waals surface area contributed by atoms with Crippen LogP contribution in [0.4, 0.5) is 0 Å². The van der Waals surface area contributed by atoms with Crippen molar-refractivity contribution >= 4 is 35.6 Å². The van der Waals surface area contributed by atoms with Crippen molar-refractivity contribution in [1.29, 1.82) is 0 Å². The third kappa shape index (κ3) is 12.3. The smallest absolute Gasteiger partial charge is 0.326 e. The Bertz CT molecular complexity index is 985. The third-order valence-corrected chi connectivity index (χ3v) is 5.55. The van der Waals surface area contributed by atoms with Crippen molar-refractivity contribution in [3.05, 3.63) is 35.9 Å². The molecule has 0 saturated carbocycles. The van der Waals surface area contributed by atoms with E-state index < -0.39 is 66.2 Å². The number of hydrogen-bond acceptors (Lipinski definition) is 7. The Hall–Kier alpha value is -4.00. The normalized spacial score (nSPS) is 14.0. The minimum Gasteiger partial charge on any atom is -0.481 e. The van der Waals surface area contributed by atoms with Crippen LogP contribution in [0.15, 0.2) is 30.3 Å². The number of carbonyl (C=O) groups is 6. The minimum absolute atomic E-state index is 0.0383. The Morgan fingerprint density at radius 2 is 1.29 bits per heavy atom. The molecule has 4 unspecified atom stereocenters. The molecule has 38 heavy (non-hydrogen) atoms. The zero-order chi connectivity index (χ0) is 28.8. The van der Waals surface area contributed by atoms with Gasteiger partial charge in [0.05, 0.1) is 6.04 Å². The van der Waals surface area contributed by atoms with E-state index in [0.717, 1.165) is 0 Å². The second-order valence-electron chi connectivity index (χ2n) is 9.38. The molecule has 0 fully saturated rings. The van der Waals surface area contributed by atoms with E-state index in [1.54, 1.807) is 30.3 Å². The van der Waals surface area contributed by atoms with Gasteiger partial charge in [-0.2, -0.15) is 0 Å². The highest BCUT2D eigenvalue weighted by Gasteiger charge is 2.31. The highest BCUT2D eigenvalue weighted by Crippen LogP contribution is 2.08. The molecule has 1 rings (SSSR count). The number of carboxylic acids is 2. The number of carbonyl (C=O) groups excluding carboxylic acids is 4. The van der Waals surface area contributed by atoms with Crippen LogP contribution in [0.2, 0.25) is 0 Å². The molecule has 13 nitrogen and oxygen atoms in total. The summed E-state index contributed by atoms with van der Waals surface area (Å²) in [6, 6.07) is 3.54. The van der Waals surface area contributed by atoms with Crippen LogP contribution in [0.25, 0.3) is 0 Å². The van der Waals surface area contributed by atoms with Crippen molar-refractivity contribution < 1.29 is 39.0 Å².